The van der Waals surface area contributed by atoms with Crippen LogP contribution in [-0.4, -0.2) is 36.0 Å². The topological polar surface area (TPSA) is 53.5 Å². The van der Waals surface area contributed by atoms with E-state index in [0.29, 0.717) is 11.8 Å². The van der Waals surface area contributed by atoms with Gasteiger partial charge in [-0.3, -0.25) is 9.79 Å². The molecule has 0 saturated carbocycles. The molecule has 2 heterocycles. The quantitative estimate of drug-likeness (QED) is 0.582. The lowest BCUT2D eigenvalue weighted by molar-refractivity contribution is -0.116. The fourth-order valence-corrected chi connectivity index (χ4v) is 2.06. The first-order valence-electron chi connectivity index (χ1n) is 4.06. The largest absolute Gasteiger partial charge is 0.315 e. The molecule has 0 unspecified atom stereocenters. The molecule has 0 aliphatic carbocycles. The number of amides is 1. The Balaban J connectivity index is 1.94. The highest BCUT2D eigenvalue weighted by Crippen LogP contribution is 2.12. The third kappa shape index (κ3) is 1.78. The van der Waals surface area contributed by atoms with Crippen molar-refractivity contribution in [3.8, 4) is 0 Å². The Kier molecular flexibility index (Phi) is 2.32. The van der Waals surface area contributed by atoms with Crippen LogP contribution in [0.25, 0.3) is 0 Å². The van der Waals surface area contributed by atoms with Crippen molar-refractivity contribution < 1.29 is 4.79 Å². The Bertz CT molecular complexity index is 223. The summed E-state index contributed by atoms with van der Waals surface area (Å²) in [6.45, 7) is 1.99. The van der Waals surface area contributed by atoms with Gasteiger partial charge >= 0.3 is 0 Å². The summed E-state index contributed by atoms with van der Waals surface area (Å²) < 4.78 is 0. The number of hydrogen-bond acceptors (Lipinski definition) is 4. The van der Waals surface area contributed by atoms with Gasteiger partial charge in [-0.15, -0.1) is 0 Å². The van der Waals surface area contributed by atoms with E-state index >= 15 is 0 Å². The molecule has 66 valence electrons. The van der Waals surface area contributed by atoms with Gasteiger partial charge in [-0.2, -0.15) is 0 Å². The van der Waals surface area contributed by atoms with Gasteiger partial charge in [-0.25, -0.2) is 0 Å². The van der Waals surface area contributed by atoms with E-state index < -0.39 is 0 Å². The van der Waals surface area contributed by atoms with Crippen LogP contribution in [0.4, 0.5) is 0 Å². The van der Waals surface area contributed by atoms with Gasteiger partial charge in [0.05, 0.1) is 11.8 Å². The first-order valence-corrected chi connectivity index (χ1v) is 5.04. The van der Waals surface area contributed by atoms with Crippen molar-refractivity contribution in [2.45, 2.75) is 12.5 Å². The lowest BCUT2D eigenvalue weighted by Gasteiger charge is -2.01. The molecule has 0 aromatic heterocycles. The summed E-state index contributed by atoms with van der Waals surface area (Å²) in [5.41, 5.74) is 0. The molecule has 12 heavy (non-hydrogen) atoms. The second kappa shape index (κ2) is 3.45. The summed E-state index contributed by atoms with van der Waals surface area (Å²) in [6.07, 6.45) is 1.08. The number of rotatable bonds is 1. The van der Waals surface area contributed by atoms with Crippen LogP contribution in [-0.2, 0) is 4.79 Å². The van der Waals surface area contributed by atoms with Gasteiger partial charge in [0.1, 0.15) is 0 Å². The summed E-state index contributed by atoms with van der Waals surface area (Å²) in [5.74, 6) is 0.601. The maximum Gasteiger partial charge on any atom is 0.236 e. The maximum absolute atomic E-state index is 10.8. The Morgan fingerprint density at radius 1 is 1.58 bits per heavy atom. The SMILES string of the molecule is O=C1CSC(=N[C@H]2CCNC2)N1. The minimum absolute atomic E-state index is 0.0738. The van der Waals surface area contributed by atoms with E-state index in [1.807, 2.05) is 0 Å². The molecule has 5 heteroatoms. The number of aliphatic imine (C=N–C) groups is 1. The molecule has 2 saturated heterocycles. The van der Waals surface area contributed by atoms with Crippen LogP contribution in [0.15, 0.2) is 4.99 Å². The fraction of sp³-hybridized carbons (Fsp3) is 0.714. The Morgan fingerprint density at radius 3 is 3.08 bits per heavy atom. The summed E-state index contributed by atoms with van der Waals surface area (Å²) in [4.78, 5) is 15.2. The van der Waals surface area contributed by atoms with Crippen molar-refractivity contribution in [1.29, 1.82) is 0 Å². The predicted molar refractivity (Wildman–Crippen MR) is 49.3 cm³/mol. The molecule has 0 bridgehead atoms. The van der Waals surface area contributed by atoms with Gasteiger partial charge in [0.25, 0.3) is 0 Å². The monoisotopic (exact) mass is 185 g/mol. The highest BCUT2D eigenvalue weighted by atomic mass is 32.2. The molecule has 2 aliphatic heterocycles. The van der Waals surface area contributed by atoms with Crippen molar-refractivity contribution in [1.82, 2.24) is 10.6 Å². The van der Waals surface area contributed by atoms with E-state index in [1.54, 1.807) is 0 Å². The van der Waals surface area contributed by atoms with Crippen LogP contribution in [0.1, 0.15) is 6.42 Å². The van der Waals surface area contributed by atoms with Gasteiger partial charge in [0.2, 0.25) is 5.91 Å². The number of carbonyl (C=O) groups is 1. The van der Waals surface area contributed by atoms with Crippen molar-refractivity contribution in [2.24, 2.45) is 4.99 Å². The fourth-order valence-electron chi connectivity index (χ4n) is 1.31. The van der Waals surface area contributed by atoms with E-state index in [9.17, 15) is 4.79 Å². The second-order valence-corrected chi connectivity index (χ2v) is 3.88. The van der Waals surface area contributed by atoms with E-state index in [-0.39, 0.29) is 5.91 Å². The molecule has 0 spiro atoms. The van der Waals surface area contributed by atoms with Gasteiger partial charge in [0, 0.05) is 6.54 Å². The van der Waals surface area contributed by atoms with E-state index in [4.69, 9.17) is 0 Å². The zero-order chi connectivity index (χ0) is 8.39. The first-order chi connectivity index (χ1) is 5.84. The molecule has 1 amide bonds. The Hall–Kier alpha value is -0.550. The normalized spacial score (nSPS) is 32.8. The molecular weight excluding hydrogens is 174 g/mol. The van der Waals surface area contributed by atoms with Crippen LogP contribution in [0, 0.1) is 0 Å². The zero-order valence-electron chi connectivity index (χ0n) is 6.67. The lowest BCUT2D eigenvalue weighted by Crippen LogP contribution is -2.22. The number of thioether (sulfide) groups is 1. The molecular formula is C7H11N3OS. The number of nitrogens with one attached hydrogen (secondary N) is 2. The predicted octanol–water partition coefficient (Wildman–Crippen LogP) is -0.433. The van der Waals surface area contributed by atoms with Crippen LogP contribution in [0.5, 0.6) is 0 Å². The van der Waals surface area contributed by atoms with Crippen molar-refractivity contribution in [3.05, 3.63) is 0 Å². The molecule has 0 aromatic rings. The summed E-state index contributed by atoms with van der Waals surface area (Å²) in [5, 5.41) is 6.76. The summed E-state index contributed by atoms with van der Waals surface area (Å²) >= 11 is 1.50. The molecule has 2 rings (SSSR count). The van der Waals surface area contributed by atoms with Crippen molar-refractivity contribution >= 4 is 22.8 Å². The number of hydrogen-bond donors (Lipinski definition) is 2. The smallest absolute Gasteiger partial charge is 0.236 e. The molecule has 2 aliphatic rings. The Morgan fingerprint density at radius 2 is 2.50 bits per heavy atom. The molecule has 1 atom stereocenters. The molecule has 0 radical (unpaired) electrons. The van der Waals surface area contributed by atoms with Gasteiger partial charge in [-0.1, -0.05) is 11.8 Å². The highest BCUT2D eigenvalue weighted by molar-refractivity contribution is 8.15. The maximum atomic E-state index is 10.8. The first kappa shape index (κ1) is 8.07. The molecule has 2 fully saturated rings. The number of nitrogens with zero attached hydrogens (tertiary/aromatic N) is 1. The third-order valence-corrected chi connectivity index (χ3v) is 2.81. The number of amidine groups is 1. The van der Waals surface area contributed by atoms with Crippen LogP contribution in [0.2, 0.25) is 0 Å². The average molecular weight is 185 g/mol. The van der Waals surface area contributed by atoms with E-state index in [1.165, 1.54) is 11.8 Å². The lowest BCUT2D eigenvalue weighted by atomic mass is 10.3. The van der Waals surface area contributed by atoms with Crippen LogP contribution < -0.4 is 10.6 Å². The number of carbonyl (C=O) groups excluding carboxylic acids is 1. The van der Waals surface area contributed by atoms with E-state index in [0.717, 1.165) is 24.7 Å². The minimum atomic E-state index is 0.0738. The average Bonchev–Trinajstić information content (AvgIpc) is 2.63. The van der Waals surface area contributed by atoms with Gasteiger partial charge in [0.15, 0.2) is 5.17 Å². The van der Waals surface area contributed by atoms with Crippen LogP contribution in [0.3, 0.4) is 0 Å². The Labute approximate surface area is 75.2 Å². The summed E-state index contributed by atoms with van der Waals surface area (Å²) in [6, 6.07) is 0.367. The molecule has 4 nitrogen and oxygen atoms in total. The molecule has 2 N–H and O–H groups in total. The van der Waals surface area contributed by atoms with Crippen molar-refractivity contribution in [3.63, 3.8) is 0 Å². The minimum Gasteiger partial charge on any atom is -0.315 e. The highest BCUT2D eigenvalue weighted by Gasteiger charge is 2.19. The van der Waals surface area contributed by atoms with Crippen LogP contribution >= 0.6 is 11.8 Å². The van der Waals surface area contributed by atoms with Gasteiger partial charge < -0.3 is 10.6 Å². The standard InChI is InChI=1S/C7H11N3OS/c11-6-4-12-7(10-6)9-5-1-2-8-3-5/h5,8H,1-4H2,(H,9,10,11)/t5-/m0/s1. The van der Waals surface area contributed by atoms with Crippen molar-refractivity contribution in [2.75, 3.05) is 18.8 Å². The van der Waals surface area contributed by atoms with Gasteiger partial charge in [-0.05, 0) is 13.0 Å². The summed E-state index contributed by atoms with van der Waals surface area (Å²) in [7, 11) is 0. The zero-order valence-corrected chi connectivity index (χ0v) is 7.49. The third-order valence-electron chi connectivity index (χ3n) is 1.92. The molecule has 0 aromatic carbocycles. The second-order valence-electron chi connectivity index (χ2n) is 2.92. The van der Waals surface area contributed by atoms with E-state index in [2.05, 4.69) is 15.6 Å².